The monoisotopic (exact) mass is 278 g/mol. The van der Waals surface area contributed by atoms with Gasteiger partial charge in [-0.15, -0.1) is 0 Å². The number of halogens is 1. The van der Waals surface area contributed by atoms with E-state index in [4.69, 9.17) is 5.73 Å². The third-order valence-corrected chi connectivity index (χ3v) is 4.01. The Morgan fingerprint density at radius 2 is 2.05 bits per heavy atom. The first kappa shape index (κ1) is 15.0. The van der Waals surface area contributed by atoms with Crippen LogP contribution in [0.25, 0.3) is 0 Å². The van der Waals surface area contributed by atoms with Crippen molar-refractivity contribution in [3.05, 3.63) is 35.1 Å². The summed E-state index contributed by atoms with van der Waals surface area (Å²) < 4.78 is 13.3. The average molecular weight is 278 g/mol. The zero-order valence-corrected chi connectivity index (χ0v) is 12.1. The van der Waals surface area contributed by atoms with Crippen molar-refractivity contribution in [1.29, 1.82) is 0 Å². The number of hydrogen-bond acceptors (Lipinski definition) is 2. The molecule has 0 saturated carbocycles. The van der Waals surface area contributed by atoms with E-state index in [0.717, 1.165) is 31.5 Å². The van der Waals surface area contributed by atoms with Crippen LogP contribution in [0, 0.1) is 18.7 Å². The Balaban J connectivity index is 2.03. The lowest BCUT2D eigenvalue weighted by molar-refractivity contribution is -0.136. The topological polar surface area (TPSA) is 46.3 Å². The molecule has 0 aliphatic carbocycles. The number of hydrogen-bond donors (Lipinski definition) is 1. The minimum absolute atomic E-state index is 0.147. The number of aryl methyl sites for hydroxylation is 1. The van der Waals surface area contributed by atoms with E-state index in [2.05, 4.69) is 0 Å². The maximum Gasteiger partial charge on any atom is 0.227 e. The van der Waals surface area contributed by atoms with Crippen molar-refractivity contribution in [2.45, 2.75) is 32.6 Å². The molecular formula is C16H23FN2O. The second-order valence-electron chi connectivity index (χ2n) is 5.61. The third-order valence-electron chi connectivity index (χ3n) is 4.01. The van der Waals surface area contributed by atoms with E-state index in [1.54, 1.807) is 13.0 Å². The van der Waals surface area contributed by atoms with E-state index in [0.29, 0.717) is 18.5 Å². The van der Waals surface area contributed by atoms with Gasteiger partial charge in [-0.25, -0.2) is 4.39 Å². The molecule has 1 aromatic carbocycles. The largest absolute Gasteiger partial charge is 0.342 e. The number of benzene rings is 1. The quantitative estimate of drug-likeness (QED) is 0.918. The molecule has 4 heteroatoms. The number of carbonyl (C=O) groups excluding carboxylic acids is 1. The van der Waals surface area contributed by atoms with Crippen LogP contribution in [-0.2, 0) is 11.2 Å². The number of piperidine rings is 1. The van der Waals surface area contributed by atoms with Crippen LogP contribution in [0.4, 0.5) is 4.39 Å². The Morgan fingerprint density at radius 3 is 2.65 bits per heavy atom. The molecule has 1 saturated heterocycles. The Hall–Kier alpha value is -1.42. The normalized spacial score (nSPS) is 17.1. The van der Waals surface area contributed by atoms with Gasteiger partial charge in [0.15, 0.2) is 0 Å². The van der Waals surface area contributed by atoms with Crippen LogP contribution in [0.1, 0.15) is 30.4 Å². The maximum atomic E-state index is 13.3. The van der Waals surface area contributed by atoms with Crippen molar-refractivity contribution < 1.29 is 9.18 Å². The molecule has 1 atom stereocenters. The molecule has 1 aromatic rings. The Morgan fingerprint density at radius 1 is 1.35 bits per heavy atom. The van der Waals surface area contributed by atoms with E-state index in [-0.39, 0.29) is 17.6 Å². The van der Waals surface area contributed by atoms with Crippen LogP contribution in [-0.4, -0.2) is 30.4 Å². The van der Waals surface area contributed by atoms with Crippen LogP contribution in [0.5, 0.6) is 0 Å². The van der Waals surface area contributed by atoms with E-state index >= 15 is 0 Å². The lowest BCUT2D eigenvalue weighted by atomic mass is 9.96. The molecule has 1 fully saturated rings. The molecule has 2 N–H and O–H groups in total. The molecule has 3 nitrogen and oxygen atoms in total. The molecule has 1 amide bonds. The van der Waals surface area contributed by atoms with Gasteiger partial charge in [-0.2, -0.15) is 0 Å². The predicted molar refractivity (Wildman–Crippen MR) is 77.8 cm³/mol. The van der Waals surface area contributed by atoms with Crippen LogP contribution >= 0.6 is 0 Å². The Bertz CT molecular complexity index is 470. The van der Waals surface area contributed by atoms with Gasteiger partial charge in [0.25, 0.3) is 0 Å². The fourth-order valence-electron chi connectivity index (χ4n) is 2.76. The standard InChI is InChI=1S/C16H23FN2O/c1-12-9-13(5-6-15(12)17)10-14(11-18)16(20)19-7-3-2-4-8-19/h5-6,9,14H,2-4,7-8,10-11,18H2,1H3. The minimum Gasteiger partial charge on any atom is -0.342 e. The lowest BCUT2D eigenvalue weighted by Gasteiger charge is -2.30. The average Bonchev–Trinajstić information content (AvgIpc) is 2.48. The number of rotatable bonds is 4. The lowest BCUT2D eigenvalue weighted by Crippen LogP contribution is -2.42. The van der Waals surface area contributed by atoms with Crippen molar-refractivity contribution >= 4 is 5.91 Å². The van der Waals surface area contributed by atoms with Crippen LogP contribution < -0.4 is 5.73 Å². The van der Waals surface area contributed by atoms with Gasteiger partial charge < -0.3 is 10.6 Å². The molecule has 110 valence electrons. The van der Waals surface area contributed by atoms with Gasteiger partial charge in [0.1, 0.15) is 5.82 Å². The summed E-state index contributed by atoms with van der Waals surface area (Å²) in [5, 5.41) is 0. The molecular weight excluding hydrogens is 255 g/mol. The van der Waals surface area contributed by atoms with Crippen LogP contribution in [0.15, 0.2) is 18.2 Å². The molecule has 2 rings (SSSR count). The summed E-state index contributed by atoms with van der Waals surface area (Å²) in [4.78, 5) is 14.4. The van der Waals surface area contributed by atoms with Crippen molar-refractivity contribution in [3.63, 3.8) is 0 Å². The first-order valence-corrected chi connectivity index (χ1v) is 7.35. The molecule has 1 unspecified atom stereocenters. The number of nitrogens with two attached hydrogens (primary N) is 1. The van der Waals surface area contributed by atoms with Crippen LogP contribution in [0.3, 0.4) is 0 Å². The van der Waals surface area contributed by atoms with E-state index in [1.165, 1.54) is 12.5 Å². The Kier molecular flexibility index (Phi) is 5.12. The SMILES string of the molecule is Cc1cc(CC(CN)C(=O)N2CCCCC2)ccc1F. The fourth-order valence-corrected chi connectivity index (χ4v) is 2.76. The highest BCUT2D eigenvalue weighted by Gasteiger charge is 2.24. The molecule has 0 spiro atoms. The van der Waals surface area contributed by atoms with Gasteiger partial charge in [-0.1, -0.05) is 12.1 Å². The van der Waals surface area contributed by atoms with Gasteiger partial charge in [-0.3, -0.25) is 4.79 Å². The molecule has 0 aromatic heterocycles. The zero-order valence-electron chi connectivity index (χ0n) is 12.1. The van der Waals surface area contributed by atoms with Gasteiger partial charge in [0.05, 0.1) is 5.92 Å². The van der Waals surface area contributed by atoms with Gasteiger partial charge >= 0.3 is 0 Å². The fraction of sp³-hybridized carbons (Fsp3) is 0.562. The summed E-state index contributed by atoms with van der Waals surface area (Å²) in [5.41, 5.74) is 7.37. The summed E-state index contributed by atoms with van der Waals surface area (Å²) in [7, 11) is 0. The minimum atomic E-state index is -0.208. The first-order valence-electron chi connectivity index (χ1n) is 7.35. The number of carbonyl (C=O) groups is 1. The highest BCUT2D eigenvalue weighted by atomic mass is 19.1. The van der Waals surface area contributed by atoms with Crippen LogP contribution in [0.2, 0.25) is 0 Å². The van der Waals surface area contributed by atoms with Gasteiger partial charge in [0, 0.05) is 19.6 Å². The van der Waals surface area contributed by atoms with Crippen molar-refractivity contribution in [3.8, 4) is 0 Å². The highest BCUT2D eigenvalue weighted by molar-refractivity contribution is 5.79. The van der Waals surface area contributed by atoms with E-state index in [9.17, 15) is 9.18 Å². The number of nitrogens with zero attached hydrogens (tertiary/aromatic N) is 1. The molecule has 0 radical (unpaired) electrons. The van der Waals surface area contributed by atoms with Gasteiger partial charge in [-0.05, 0) is 49.8 Å². The highest BCUT2D eigenvalue weighted by Crippen LogP contribution is 2.17. The van der Waals surface area contributed by atoms with Crippen molar-refractivity contribution in [2.24, 2.45) is 11.7 Å². The second kappa shape index (κ2) is 6.84. The maximum absolute atomic E-state index is 13.3. The zero-order chi connectivity index (χ0) is 14.5. The molecule has 1 heterocycles. The predicted octanol–water partition coefficient (Wildman–Crippen LogP) is 2.26. The summed E-state index contributed by atoms with van der Waals surface area (Å²) in [5.74, 6) is -0.257. The van der Waals surface area contributed by atoms with E-state index in [1.807, 2.05) is 11.0 Å². The smallest absolute Gasteiger partial charge is 0.227 e. The summed E-state index contributed by atoms with van der Waals surface area (Å²) in [6.07, 6.45) is 3.96. The number of amides is 1. The summed E-state index contributed by atoms with van der Waals surface area (Å²) in [6.45, 7) is 3.77. The molecule has 0 bridgehead atoms. The summed E-state index contributed by atoms with van der Waals surface area (Å²) >= 11 is 0. The van der Waals surface area contributed by atoms with Gasteiger partial charge in [0.2, 0.25) is 5.91 Å². The number of likely N-dealkylation sites (tertiary alicyclic amines) is 1. The van der Waals surface area contributed by atoms with E-state index < -0.39 is 0 Å². The Labute approximate surface area is 120 Å². The third kappa shape index (κ3) is 3.57. The van der Waals surface area contributed by atoms with Crippen molar-refractivity contribution in [2.75, 3.05) is 19.6 Å². The molecule has 20 heavy (non-hydrogen) atoms. The molecule has 1 aliphatic rings. The second-order valence-corrected chi connectivity index (χ2v) is 5.61. The van der Waals surface area contributed by atoms with Crippen molar-refractivity contribution in [1.82, 2.24) is 4.90 Å². The molecule has 1 aliphatic heterocycles. The summed E-state index contributed by atoms with van der Waals surface area (Å²) in [6, 6.07) is 5.01. The first-order chi connectivity index (χ1) is 9.61.